The number of nitrogens with zero attached hydrogens (tertiary/aromatic N) is 2. The molecule has 0 aliphatic heterocycles. The Morgan fingerprint density at radius 2 is 1.71 bits per heavy atom. The zero-order valence-corrected chi connectivity index (χ0v) is 24.7. The van der Waals surface area contributed by atoms with Crippen LogP contribution in [0.15, 0.2) is 77.3 Å². The first-order valence-corrected chi connectivity index (χ1v) is 14.5. The molecule has 0 aliphatic carbocycles. The van der Waals surface area contributed by atoms with Crippen molar-refractivity contribution >= 4 is 17.6 Å². The Labute approximate surface area is 258 Å². The summed E-state index contributed by atoms with van der Waals surface area (Å²) in [4.78, 5) is 23.8. The average Bonchev–Trinajstić information content (AvgIpc) is 3.42. The molecule has 0 aliphatic rings. The van der Waals surface area contributed by atoms with Gasteiger partial charge in [-0.3, -0.25) is 9.59 Å². The van der Waals surface area contributed by atoms with Crippen molar-refractivity contribution in [2.24, 2.45) is 5.92 Å². The Morgan fingerprint density at radius 3 is 2.47 bits per heavy atom. The summed E-state index contributed by atoms with van der Waals surface area (Å²) in [7, 11) is 0. The molecule has 0 saturated carbocycles. The largest absolute Gasteiger partial charge is 0.494 e. The normalized spacial score (nSPS) is 12.0. The molecule has 0 bridgehead atoms. The van der Waals surface area contributed by atoms with Gasteiger partial charge in [0.1, 0.15) is 17.2 Å². The molecule has 1 aromatic heterocycles. The van der Waals surface area contributed by atoms with E-state index in [1.54, 1.807) is 73.7 Å². The number of ether oxygens (including phenoxy) is 2. The summed E-state index contributed by atoms with van der Waals surface area (Å²) >= 11 is 0. The topological polar surface area (TPSA) is 124 Å². The Bertz CT molecular complexity index is 1560. The van der Waals surface area contributed by atoms with E-state index in [9.17, 15) is 22.8 Å². The molecule has 0 spiro atoms. The minimum Gasteiger partial charge on any atom is -0.494 e. The summed E-state index contributed by atoms with van der Waals surface area (Å²) in [5.74, 6) is -0.193. The van der Waals surface area contributed by atoms with Gasteiger partial charge in [0.25, 0.3) is 5.91 Å². The maximum absolute atomic E-state index is 12.8. The van der Waals surface area contributed by atoms with Crippen LogP contribution in [0.5, 0.6) is 11.5 Å². The number of carbonyl (C=O) groups excluding carboxylic acids is 1. The molecule has 9 nitrogen and oxygen atoms in total. The number of halogens is 3. The van der Waals surface area contributed by atoms with E-state index >= 15 is 0 Å². The van der Waals surface area contributed by atoms with Gasteiger partial charge < -0.3 is 24.4 Å². The average molecular weight is 626 g/mol. The fourth-order valence-electron chi connectivity index (χ4n) is 4.68. The molecular weight excluding hydrogens is 591 g/mol. The van der Waals surface area contributed by atoms with E-state index in [0.29, 0.717) is 72.1 Å². The van der Waals surface area contributed by atoms with Gasteiger partial charge in [0.2, 0.25) is 0 Å². The first-order chi connectivity index (χ1) is 21.5. The van der Waals surface area contributed by atoms with Gasteiger partial charge >= 0.3 is 12.1 Å². The number of carbonyl (C=O) groups is 2. The zero-order valence-electron chi connectivity index (χ0n) is 24.7. The van der Waals surface area contributed by atoms with E-state index in [0.717, 1.165) is 5.56 Å². The Hall–Kier alpha value is -4.87. The van der Waals surface area contributed by atoms with Crippen molar-refractivity contribution in [2.75, 3.05) is 11.9 Å². The first kappa shape index (κ1) is 33.0. The van der Waals surface area contributed by atoms with E-state index in [-0.39, 0.29) is 18.9 Å². The molecule has 0 radical (unpaired) electrons. The lowest BCUT2D eigenvalue weighted by Gasteiger charge is -2.14. The molecule has 1 unspecified atom stereocenters. The van der Waals surface area contributed by atoms with Crippen LogP contribution in [0.2, 0.25) is 0 Å². The lowest BCUT2D eigenvalue weighted by Crippen LogP contribution is -2.13. The van der Waals surface area contributed by atoms with Crippen molar-refractivity contribution in [3.8, 4) is 11.5 Å². The third kappa shape index (κ3) is 11.3. The summed E-state index contributed by atoms with van der Waals surface area (Å²) in [5, 5.41) is 19.5. The van der Waals surface area contributed by atoms with Gasteiger partial charge in [-0.1, -0.05) is 43.7 Å². The van der Waals surface area contributed by atoms with Crippen molar-refractivity contribution in [2.45, 2.75) is 58.2 Å². The maximum Gasteiger partial charge on any atom is 0.389 e. The fraction of sp³-hybridized carbons (Fsp3) is 0.333. The smallest absolute Gasteiger partial charge is 0.389 e. The van der Waals surface area contributed by atoms with Gasteiger partial charge in [0.05, 0.1) is 13.0 Å². The molecule has 45 heavy (non-hydrogen) atoms. The van der Waals surface area contributed by atoms with Crippen molar-refractivity contribution in [3.05, 3.63) is 101 Å². The van der Waals surface area contributed by atoms with E-state index < -0.39 is 24.5 Å². The van der Waals surface area contributed by atoms with Crippen LogP contribution in [0.4, 0.5) is 18.9 Å². The summed E-state index contributed by atoms with van der Waals surface area (Å²) < 4.78 is 54.2. The predicted molar refractivity (Wildman–Crippen MR) is 159 cm³/mol. The van der Waals surface area contributed by atoms with Gasteiger partial charge in [-0.15, -0.1) is 5.10 Å². The number of unbranched alkanes of at least 4 members (excludes halogenated alkanes) is 1. The van der Waals surface area contributed by atoms with Gasteiger partial charge in [-0.25, -0.2) is 0 Å². The molecule has 2 N–H and O–H groups in total. The van der Waals surface area contributed by atoms with Gasteiger partial charge in [-0.05, 0) is 72.4 Å². The highest BCUT2D eigenvalue weighted by molar-refractivity contribution is 6.04. The van der Waals surface area contributed by atoms with Crippen LogP contribution in [0.3, 0.4) is 0 Å². The number of nitrogens with one attached hydrogen (secondary N) is 1. The highest BCUT2D eigenvalue weighted by Crippen LogP contribution is 2.27. The number of benzene rings is 3. The number of hydrogen-bond donors (Lipinski definition) is 2. The van der Waals surface area contributed by atoms with Gasteiger partial charge in [0.15, 0.2) is 12.4 Å². The number of rotatable bonds is 16. The number of aliphatic carboxylic acids is 1. The number of carboxylic acid groups (broad SMARTS) is 1. The quantitative estimate of drug-likeness (QED) is 0.125. The standard InChI is InChI=1S/C33H34F3N3O6/c1-22(20-33(34,35)36)6-2-3-15-43-28-10-5-9-25(19-28)32(42)37-26-11-13-27(14-12-26)44-21-30-29(38-39-45-30)17-23-7-4-8-24(16-23)18-31(40)41/h4-5,7-14,16,19,22H,2-3,6,15,17-18,20-21H2,1H3,(H,37,42)(H,40,41). The van der Waals surface area contributed by atoms with Crippen LogP contribution in [0, 0.1) is 5.92 Å². The number of hydrogen-bond acceptors (Lipinski definition) is 7. The van der Waals surface area contributed by atoms with Crippen molar-refractivity contribution < 1.29 is 41.9 Å². The number of carboxylic acids is 1. The molecule has 12 heteroatoms. The Morgan fingerprint density at radius 1 is 0.956 bits per heavy atom. The molecule has 238 valence electrons. The zero-order chi connectivity index (χ0) is 32.2. The minimum absolute atomic E-state index is 0.0704. The highest BCUT2D eigenvalue weighted by Gasteiger charge is 2.29. The van der Waals surface area contributed by atoms with Crippen LogP contribution in [-0.4, -0.2) is 40.1 Å². The second kappa shape index (κ2) is 15.7. The summed E-state index contributed by atoms with van der Waals surface area (Å²) in [6, 6.07) is 20.7. The molecule has 4 aromatic rings. The molecule has 1 amide bonds. The van der Waals surface area contributed by atoms with Crippen LogP contribution in [0.1, 0.15) is 65.5 Å². The van der Waals surface area contributed by atoms with E-state index in [2.05, 4.69) is 15.7 Å². The third-order valence-corrected chi connectivity index (χ3v) is 6.87. The molecule has 0 saturated heterocycles. The van der Waals surface area contributed by atoms with Crippen molar-refractivity contribution in [3.63, 3.8) is 0 Å². The minimum atomic E-state index is -4.14. The SMILES string of the molecule is CC(CCCCOc1cccc(C(=O)Nc2ccc(OCc3onnc3Cc3cccc(CC(=O)O)c3)cc2)c1)CC(F)(F)F. The number of anilines is 1. The van der Waals surface area contributed by atoms with Crippen LogP contribution in [0.25, 0.3) is 0 Å². The second-order valence-electron chi connectivity index (χ2n) is 10.8. The van der Waals surface area contributed by atoms with Gasteiger partial charge in [-0.2, -0.15) is 13.2 Å². The monoisotopic (exact) mass is 625 g/mol. The maximum atomic E-state index is 12.8. The van der Waals surface area contributed by atoms with Crippen LogP contribution < -0.4 is 14.8 Å². The van der Waals surface area contributed by atoms with Crippen LogP contribution >= 0.6 is 0 Å². The number of amides is 1. The number of alkyl halides is 3. The van der Waals surface area contributed by atoms with Gasteiger partial charge in [0, 0.05) is 29.4 Å². The molecule has 4 rings (SSSR count). The lowest BCUT2D eigenvalue weighted by atomic mass is 10.0. The first-order valence-electron chi connectivity index (χ1n) is 14.5. The predicted octanol–water partition coefficient (Wildman–Crippen LogP) is 7.26. The molecular formula is C33H34F3N3O6. The summed E-state index contributed by atoms with van der Waals surface area (Å²) in [6.45, 7) is 2.01. The second-order valence-corrected chi connectivity index (χ2v) is 10.8. The van der Waals surface area contributed by atoms with Crippen molar-refractivity contribution in [1.82, 2.24) is 10.4 Å². The summed E-state index contributed by atoms with van der Waals surface area (Å²) in [6.07, 6.45) is -2.88. The summed E-state index contributed by atoms with van der Waals surface area (Å²) in [5.41, 5.74) is 3.08. The van der Waals surface area contributed by atoms with Crippen molar-refractivity contribution in [1.29, 1.82) is 0 Å². The Kier molecular flexibility index (Phi) is 11.5. The van der Waals surface area contributed by atoms with E-state index in [4.69, 9.17) is 19.1 Å². The molecule has 1 atom stereocenters. The molecule has 3 aromatic carbocycles. The third-order valence-electron chi connectivity index (χ3n) is 6.87. The highest BCUT2D eigenvalue weighted by atomic mass is 19.4. The number of aromatic nitrogens is 2. The Balaban J connectivity index is 1.22. The van der Waals surface area contributed by atoms with Crippen LogP contribution in [-0.2, 0) is 24.2 Å². The molecule has 1 heterocycles. The van der Waals surface area contributed by atoms with E-state index in [1.807, 2.05) is 6.07 Å². The fourth-order valence-corrected chi connectivity index (χ4v) is 4.68. The lowest BCUT2D eigenvalue weighted by molar-refractivity contribution is -0.143. The van der Waals surface area contributed by atoms with E-state index in [1.165, 1.54) is 0 Å². The molecule has 0 fully saturated rings.